The molecule has 2 aromatic carbocycles. The summed E-state index contributed by atoms with van der Waals surface area (Å²) in [6.07, 6.45) is 5.37. The number of carboxylic acid groups (broad SMARTS) is 2. The molecular formula is C25H32N2O6. The molecule has 2 unspecified atom stereocenters. The van der Waals surface area contributed by atoms with Crippen LogP contribution in [0.5, 0.6) is 5.75 Å². The van der Waals surface area contributed by atoms with Crippen molar-refractivity contribution < 1.29 is 29.3 Å². The van der Waals surface area contributed by atoms with Gasteiger partial charge in [0.2, 0.25) is 0 Å². The summed E-state index contributed by atoms with van der Waals surface area (Å²) < 4.78 is 5.78. The third-order valence-electron chi connectivity index (χ3n) is 6.36. The van der Waals surface area contributed by atoms with Gasteiger partial charge < -0.3 is 19.8 Å². The summed E-state index contributed by atoms with van der Waals surface area (Å²) in [6.45, 7) is 6.14. The van der Waals surface area contributed by atoms with Gasteiger partial charge >= 0.3 is 11.9 Å². The first-order chi connectivity index (χ1) is 15.8. The molecule has 1 amide bonds. The molecule has 2 N–H and O–H groups in total. The van der Waals surface area contributed by atoms with Gasteiger partial charge in [0.15, 0.2) is 6.61 Å². The summed E-state index contributed by atoms with van der Waals surface area (Å²) in [5, 5.41) is 17.1. The van der Waals surface area contributed by atoms with Gasteiger partial charge in [-0.1, -0.05) is 50.1 Å². The van der Waals surface area contributed by atoms with E-state index in [1.807, 2.05) is 35.2 Å². The van der Waals surface area contributed by atoms with Crippen LogP contribution >= 0.6 is 0 Å². The minimum atomic E-state index is -1.82. The van der Waals surface area contributed by atoms with E-state index in [2.05, 4.69) is 24.0 Å². The number of amides is 1. The van der Waals surface area contributed by atoms with Crippen molar-refractivity contribution in [2.75, 3.05) is 32.8 Å². The van der Waals surface area contributed by atoms with Crippen LogP contribution in [0.15, 0.2) is 42.5 Å². The third-order valence-corrected chi connectivity index (χ3v) is 6.36. The van der Waals surface area contributed by atoms with Gasteiger partial charge in [-0.2, -0.15) is 0 Å². The Morgan fingerprint density at radius 3 is 2.24 bits per heavy atom. The zero-order chi connectivity index (χ0) is 23.8. The summed E-state index contributed by atoms with van der Waals surface area (Å²) in [5.74, 6) is -1.94. The second-order valence-electron chi connectivity index (χ2n) is 8.75. The molecule has 1 saturated heterocycles. The highest BCUT2D eigenvalue weighted by Crippen LogP contribution is 2.28. The summed E-state index contributed by atoms with van der Waals surface area (Å²) in [7, 11) is 0. The molecule has 0 radical (unpaired) electrons. The van der Waals surface area contributed by atoms with Gasteiger partial charge in [-0.3, -0.25) is 9.69 Å². The number of hydrogen-bond donors (Lipinski definition) is 2. The Balaban J connectivity index is 0.000000454. The molecule has 8 heteroatoms. The molecule has 2 fully saturated rings. The Bertz CT molecular complexity index is 958. The molecule has 1 aliphatic carbocycles. The van der Waals surface area contributed by atoms with Crippen LogP contribution in [0.4, 0.5) is 0 Å². The van der Waals surface area contributed by atoms with E-state index in [0.29, 0.717) is 0 Å². The van der Waals surface area contributed by atoms with Gasteiger partial charge in [-0.05, 0) is 41.7 Å². The number of carbonyl (C=O) groups is 3. The van der Waals surface area contributed by atoms with Crippen LogP contribution in [0.2, 0.25) is 0 Å². The number of benzene rings is 2. The lowest BCUT2D eigenvalue weighted by Crippen LogP contribution is -2.53. The van der Waals surface area contributed by atoms with Crippen LogP contribution in [-0.4, -0.2) is 76.7 Å². The average Bonchev–Trinajstić information content (AvgIpc) is 2.83. The van der Waals surface area contributed by atoms with E-state index >= 15 is 0 Å². The molecule has 0 bridgehead atoms. The minimum absolute atomic E-state index is 0.0971. The molecular weight excluding hydrogens is 424 g/mol. The highest BCUT2D eigenvalue weighted by Gasteiger charge is 2.29. The molecule has 0 aromatic heterocycles. The Kier molecular flexibility index (Phi) is 8.65. The first-order valence-electron chi connectivity index (χ1n) is 11.4. The highest BCUT2D eigenvalue weighted by molar-refractivity contribution is 6.27. The lowest BCUT2D eigenvalue weighted by Gasteiger charge is -2.42. The summed E-state index contributed by atoms with van der Waals surface area (Å²) in [5.41, 5.74) is 0. The SMILES string of the molecule is CC1CCCC(N2CCN(C(=O)COc3ccc4ccccc4c3)CC2)C1.O=C(O)C(=O)O. The second kappa shape index (κ2) is 11.7. The molecule has 0 spiro atoms. The minimum Gasteiger partial charge on any atom is -0.484 e. The van der Waals surface area contributed by atoms with Gasteiger partial charge in [0.25, 0.3) is 5.91 Å². The number of fused-ring (bicyclic) bond motifs is 1. The van der Waals surface area contributed by atoms with Crippen LogP contribution in [0, 0.1) is 5.92 Å². The van der Waals surface area contributed by atoms with E-state index in [1.165, 1.54) is 31.1 Å². The van der Waals surface area contributed by atoms with E-state index in [1.54, 1.807) is 0 Å². The molecule has 178 valence electrons. The highest BCUT2D eigenvalue weighted by atomic mass is 16.5. The molecule has 2 aliphatic rings. The topological polar surface area (TPSA) is 107 Å². The fourth-order valence-electron chi connectivity index (χ4n) is 4.56. The number of piperazine rings is 1. The molecule has 8 nitrogen and oxygen atoms in total. The molecule has 1 saturated carbocycles. The predicted octanol–water partition coefficient (Wildman–Crippen LogP) is 3.10. The smallest absolute Gasteiger partial charge is 0.414 e. The van der Waals surface area contributed by atoms with E-state index in [4.69, 9.17) is 24.5 Å². The molecule has 4 rings (SSSR count). The summed E-state index contributed by atoms with van der Waals surface area (Å²) in [6, 6.07) is 14.9. The number of ether oxygens (including phenoxy) is 1. The fourth-order valence-corrected chi connectivity index (χ4v) is 4.56. The fraction of sp³-hybridized carbons (Fsp3) is 0.480. The Labute approximate surface area is 193 Å². The van der Waals surface area contributed by atoms with Gasteiger partial charge in [0.05, 0.1) is 0 Å². The van der Waals surface area contributed by atoms with Crippen molar-refractivity contribution in [3.05, 3.63) is 42.5 Å². The lowest BCUT2D eigenvalue weighted by atomic mass is 9.86. The molecule has 1 heterocycles. The Hall–Kier alpha value is -3.13. The van der Waals surface area contributed by atoms with E-state index < -0.39 is 11.9 Å². The van der Waals surface area contributed by atoms with Crippen LogP contribution in [0.3, 0.4) is 0 Å². The number of carbonyl (C=O) groups excluding carboxylic acids is 1. The van der Waals surface area contributed by atoms with Crippen LogP contribution < -0.4 is 4.74 Å². The zero-order valence-electron chi connectivity index (χ0n) is 19.0. The number of carboxylic acids is 2. The quantitative estimate of drug-likeness (QED) is 0.681. The lowest BCUT2D eigenvalue weighted by molar-refractivity contribution is -0.159. The first-order valence-corrected chi connectivity index (χ1v) is 11.4. The van der Waals surface area contributed by atoms with E-state index in [-0.39, 0.29) is 12.5 Å². The summed E-state index contributed by atoms with van der Waals surface area (Å²) in [4.78, 5) is 35.3. The molecule has 1 aliphatic heterocycles. The number of hydrogen-bond acceptors (Lipinski definition) is 5. The van der Waals surface area contributed by atoms with Crippen LogP contribution in [0.1, 0.15) is 32.6 Å². The molecule has 33 heavy (non-hydrogen) atoms. The van der Waals surface area contributed by atoms with Crippen molar-refractivity contribution in [1.29, 1.82) is 0 Å². The zero-order valence-corrected chi connectivity index (χ0v) is 19.0. The summed E-state index contributed by atoms with van der Waals surface area (Å²) >= 11 is 0. The second-order valence-corrected chi connectivity index (χ2v) is 8.75. The third kappa shape index (κ3) is 7.18. The predicted molar refractivity (Wildman–Crippen MR) is 124 cm³/mol. The maximum Gasteiger partial charge on any atom is 0.414 e. The number of rotatable bonds is 4. The van der Waals surface area contributed by atoms with E-state index in [0.717, 1.165) is 49.3 Å². The first kappa shape index (κ1) is 24.5. The maximum absolute atomic E-state index is 12.6. The van der Waals surface area contributed by atoms with Crippen molar-refractivity contribution in [2.45, 2.75) is 38.6 Å². The van der Waals surface area contributed by atoms with Crippen molar-refractivity contribution in [3.63, 3.8) is 0 Å². The van der Waals surface area contributed by atoms with Crippen molar-refractivity contribution in [2.24, 2.45) is 5.92 Å². The van der Waals surface area contributed by atoms with Crippen LogP contribution in [-0.2, 0) is 14.4 Å². The molecule has 2 atom stereocenters. The standard InChI is InChI=1S/C23H30N2O2.C2H2O4/c1-18-5-4-8-21(15-18)24-11-13-25(14-12-24)23(26)17-27-22-10-9-19-6-2-3-7-20(19)16-22;3-1(4)2(5)6/h2-3,6-7,9-10,16,18,21H,4-5,8,11-15,17H2,1H3;(H,3,4)(H,5,6). The van der Waals surface area contributed by atoms with Gasteiger partial charge in [-0.25, -0.2) is 9.59 Å². The van der Waals surface area contributed by atoms with Crippen LogP contribution in [0.25, 0.3) is 10.8 Å². The normalized spacial score (nSPS) is 21.1. The number of aliphatic carboxylic acids is 2. The average molecular weight is 457 g/mol. The van der Waals surface area contributed by atoms with Gasteiger partial charge in [0, 0.05) is 32.2 Å². The Morgan fingerprint density at radius 2 is 1.61 bits per heavy atom. The molecule has 2 aromatic rings. The van der Waals surface area contributed by atoms with Crippen molar-refractivity contribution in [3.8, 4) is 5.75 Å². The van der Waals surface area contributed by atoms with Gasteiger partial charge in [0.1, 0.15) is 5.75 Å². The maximum atomic E-state index is 12.6. The van der Waals surface area contributed by atoms with Crippen molar-refractivity contribution >= 4 is 28.6 Å². The van der Waals surface area contributed by atoms with Gasteiger partial charge in [-0.15, -0.1) is 0 Å². The van der Waals surface area contributed by atoms with E-state index in [9.17, 15) is 4.79 Å². The largest absolute Gasteiger partial charge is 0.484 e. The number of nitrogens with zero attached hydrogens (tertiary/aromatic N) is 2. The monoisotopic (exact) mass is 456 g/mol. The van der Waals surface area contributed by atoms with Crippen molar-refractivity contribution in [1.82, 2.24) is 9.80 Å². The Morgan fingerprint density at radius 1 is 0.939 bits per heavy atom.